The molecule has 9 heteroatoms. The molecule has 0 radical (unpaired) electrons. The molecule has 0 fully saturated rings. The predicted molar refractivity (Wildman–Crippen MR) is 105 cm³/mol. The highest BCUT2D eigenvalue weighted by Gasteiger charge is 2.51. The van der Waals surface area contributed by atoms with Crippen LogP contribution in [0.1, 0.15) is 6.92 Å². The Morgan fingerprint density at radius 1 is 0.783 bits per heavy atom. The first-order chi connectivity index (χ1) is 9.95. The monoisotopic (exact) mass is 394 g/mol. The molecule has 0 aliphatic heterocycles. The van der Waals surface area contributed by atoms with Gasteiger partial charge >= 0.3 is 8.80 Å². The second kappa shape index (κ2) is 7.89. The van der Waals surface area contributed by atoms with Gasteiger partial charge in [-0.3, -0.25) is 4.79 Å². The van der Waals surface area contributed by atoms with Crippen molar-refractivity contribution in [3.05, 3.63) is 12.3 Å². The molecule has 23 heavy (non-hydrogen) atoms. The van der Waals surface area contributed by atoms with Crippen LogP contribution in [0.5, 0.6) is 0 Å². The minimum Gasteiger partial charge on any atom is -0.486 e. The lowest BCUT2D eigenvalue weighted by Crippen LogP contribution is -2.63. The summed E-state index contributed by atoms with van der Waals surface area (Å²) in [6.07, 6.45) is 0.143. The number of hydrogen-bond acceptors (Lipinski definition) is 5. The fraction of sp³-hybridized carbons (Fsp3) is 0.786. The second-order valence-corrected chi connectivity index (χ2v) is 25.4. The first-order valence-electron chi connectivity index (χ1n) is 7.88. The van der Waals surface area contributed by atoms with E-state index >= 15 is 0 Å². The van der Waals surface area contributed by atoms with Gasteiger partial charge in [0.05, 0.1) is 0 Å². The molecular formula is C14H34O5Si4. The summed E-state index contributed by atoms with van der Waals surface area (Å²) < 4.78 is 24.9. The van der Waals surface area contributed by atoms with E-state index in [9.17, 15) is 4.79 Å². The fourth-order valence-corrected chi connectivity index (χ4v) is 15.7. The highest BCUT2D eigenvalue weighted by Crippen LogP contribution is 2.26. The van der Waals surface area contributed by atoms with Crippen molar-refractivity contribution in [2.24, 2.45) is 0 Å². The molecule has 0 atom stereocenters. The van der Waals surface area contributed by atoms with E-state index in [1.54, 1.807) is 0 Å². The summed E-state index contributed by atoms with van der Waals surface area (Å²) in [5.41, 5.74) is 0. The molecule has 0 saturated heterocycles. The molecule has 0 aliphatic rings. The summed E-state index contributed by atoms with van der Waals surface area (Å²) >= 11 is 0. The molecule has 0 rings (SSSR count). The van der Waals surface area contributed by atoms with Crippen molar-refractivity contribution in [1.82, 2.24) is 0 Å². The molecule has 0 aliphatic carbocycles. The standard InChI is InChI=1S/C14H34O5Si4/c1-13(15)14(2)16-12-23(17-20(3,4)5,18-21(6,7)8)19-22(9,10)11/h2,12H2,1,3-11H3. The maximum absolute atomic E-state index is 11.4. The number of ether oxygens (including phenoxy) is 1. The van der Waals surface area contributed by atoms with Crippen molar-refractivity contribution in [3.8, 4) is 0 Å². The minimum atomic E-state index is -3.06. The summed E-state index contributed by atoms with van der Waals surface area (Å²) in [4.78, 5) is 11.4. The van der Waals surface area contributed by atoms with Gasteiger partial charge in [0.25, 0.3) is 0 Å². The highest BCUT2D eigenvalue weighted by molar-refractivity contribution is 6.90. The van der Waals surface area contributed by atoms with Crippen LogP contribution >= 0.6 is 0 Å². The molecule has 136 valence electrons. The maximum atomic E-state index is 11.4. The lowest BCUT2D eigenvalue weighted by Gasteiger charge is -2.42. The summed E-state index contributed by atoms with van der Waals surface area (Å²) in [7, 11) is -8.85. The first-order valence-corrected chi connectivity index (χ1v) is 20.0. The number of carbonyl (C=O) groups excluding carboxylic acids is 1. The van der Waals surface area contributed by atoms with Gasteiger partial charge in [0.1, 0.15) is 0 Å². The normalized spacial score (nSPS) is 13.8. The van der Waals surface area contributed by atoms with Crippen LogP contribution in [0.3, 0.4) is 0 Å². The average molecular weight is 395 g/mol. The van der Waals surface area contributed by atoms with E-state index in [0.717, 1.165) is 0 Å². The average Bonchev–Trinajstić information content (AvgIpc) is 2.17. The van der Waals surface area contributed by atoms with Crippen molar-refractivity contribution in [1.29, 1.82) is 0 Å². The van der Waals surface area contributed by atoms with Crippen molar-refractivity contribution in [3.63, 3.8) is 0 Å². The first kappa shape index (κ1) is 23.0. The highest BCUT2D eigenvalue weighted by atomic mass is 28.5. The molecule has 0 aromatic heterocycles. The summed E-state index contributed by atoms with van der Waals surface area (Å²) in [6.45, 7) is 24.1. The van der Waals surface area contributed by atoms with Crippen LogP contribution in [-0.2, 0) is 21.9 Å². The second-order valence-electron chi connectivity index (χ2n) is 8.59. The van der Waals surface area contributed by atoms with Gasteiger partial charge in [-0.15, -0.1) is 0 Å². The molecule has 5 nitrogen and oxygen atoms in total. The van der Waals surface area contributed by atoms with E-state index in [-0.39, 0.29) is 17.8 Å². The SMILES string of the molecule is C=C(OC[Si](O[Si](C)(C)C)(O[Si](C)(C)C)O[Si](C)(C)C)C(C)=O. The Bertz CT molecular complexity index is 391. The Morgan fingerprint density at radius 2 is 1.09 bits per heavy atom. The van der Waals surface area contributed by atoms with Crippen LogP contribution in [0.2, 0.25) is 58.9 Å². The van der Waals surface area contributed by atoms with Gasteiger partial charge in [-0.05, 0) is 58.9 Å². The van der Waals surface area contributed by atoms with Gasteiger partial charge in [0.15, 0.2) is 42.7 Å². The number of allylic oxidation sites excluding steroid dienone is 1. The van der Waals surface area contributed by atoms with Gasteiger partial charge in [-0.25, -0.2) is 0 Å². The smallest absolute Gasteiger partial charge is 0.486 e. The third-order valence-corrected chi connectivity index (χ3v) is 13.8. The molecule has 0 aromatic rings. The van der Waals surface area contributed by atoms with Crippen LogP contribution in [0, 0.1) is 0 Å². The van der Waals surface area contributed by atoms with Crippen LogP contribution in [0.4, 0.5) is 0 Å². The Labute approximate surface area is 146 Å². The topological polar surface area (TPSA) is 54.0 Å². The fourth-order valence-electron chi connectivity index (χ4n) is 1.83. The lowest BCUT2D eigenvalue weighted by atomic mass is 10.4. The summed E-state index contributed by atoms with van der Waals surface area (Å²) in [5.74, 6) is -0.0682. The van der Waals surface area contributed by atoms with E-state index in [1.807, 2.05) is 0 Å². The molecular weight excluding hydrogens is 360 g/mol. The van der Waals surface area contributed by atoms with Crippen LogP contribution < -0.4 is 0 Å². The van der Waals surface area contributed by atoms with E-state index in [4.69, 9.17) is 17.1 Å². The maximum Gasteiger partial charge on any atom is 0.509 e. The van der Waals surface area contributed by atoms with Crippen molar-refractivity contribution in [2.75, 3.05) is 6.23 Å². The zero-order valence-corrected chi connectivity index (χ0v) is 20.5. The van der Waals surface area contributed by atoms with Crippen LogP contribution in [-0.4, -0.2) is 45.8 Å². The van der Waals surface area contributed by atoms with E-state index < -0.39 is 33.8 Å². The predicted octanol–water partition coefficient (Wildman–Crippen LogP) is 4.14. The summed E-state index contributed by atoms with van der Waals surface area (Å²) in [6, 6.07) is 0. The third kappa shape index (κ3) is 11.2. The lowest BCUT2D eigenvalue weighted by molar-refractivity contribution is -0.116. The molecule has 0 aromatic carbocycles. The van der Waals surface area contributed by atoms with Gasteiger partial charge in [-0.1, -0.05) is 6.58 Å². The number of hydrogen-bond donors (Lipinski definition) is 0. The Kier molecular flexibility index (Phi) is 7.88. The minimum absolute atomic E-state index is 0.124. The third-order valence-electron chi connectivity index (χ3n) is 2.20. The molecule has 0 bridgehead atoms. The molecule has 0 spiro atoms. The molecule has 0 amide bonds. The van der Waals surface area contributed by atoms with Crippen molar-refractivity contribution < 1.29 is 21.9 Å². The Morgan fingerprint density at radius 3 is 1.30 bits per heavy atom. The van der Waals surface area contributed by atoms with Crippen LogP contribution in [0.15, 0.2) is 12.3 Å². The van der Waals surface area contributed by atoms with Gasteiger partial charge in [0.2, 0.25) is 0 Å². The van der Waals surface area contributed by atoms with Crippen molar-refractivity contribution >= 4 is 39.5 Å². The number of carbonyl (C=O) groups is 1. The molecule has 0 saturated carbocycles. The quantitative estimate of drug-likeness (QED) is 0.317. The van der Waals surface area contributed by atoms with E-state index in [0.29, 0.717) is 0 Å². The van der Waals surface area contributed by atoms with E-state index in [1.165, 1.54) is 6.92 Å². The van der Waals surface area contributed by atoms with Gasteiger partial charge < -0.3 is 17.1 Å². The van der Waals surface area contributed by atoms with Crippen molar-refractivity contribution in [2.45, 2.75) is 65.8 Å². The zero-order valence-electron chi connectivity index (χ0n) is 16.5. The molecule has 0 N–H and O–H groups in total. The molecule has 0 heterocycles. The van der Waals surface area contributed by atoms with E-state index in [2.05, 4.69) is 65.5 Å². The van der Waals surface area contributed by atoms with Gasteiger partial charge in [0, 0.05) is 6.92 Å². The number of ketones is 1. The summed E-state index contributed by atoms with van der Waals surface area (Å²) in [5, 5.41) is 0. The Balaban J connectivity index is 5.62. The zero-order chi connectivity index (χ0) is 18.7. The number of rotatable bonds is 10. The largest absolute Gasteiger partial charge is 0.509 e. The van der Waals surface area contributed by atoms with Crippen LogP contribution in [0.25, 0.3) is 0 Å². The Hall–Kier alpha value is -0.0425. The number of Topliss-reactive ketones (excluding diaryl/α,β-unsaturated/α-hetero) is 1. The molecule has 0 unspecified atom stereocenters. The van der Waals surface area contributed by atoms with Gasteiger partial charge in [-0.2, -0.15) is 0 Å².